The molecule has 0 bridgehead atoms. The van der Waals surface area contributed by atoms with E-state index < -0.39 is 0 Å². The van der Waals surface area contributed by atoms with Crippen molar-refractivity contribution >= 4 is 5.91 Å². The summed E-state index contributed by atoms with van der Waals surface area (Å²) >= 11 is 0. The second-order valence-corrected chi connectivity index (χ2v) is 5.53. The first-order valence-corrected chi connectivity index (χ1v) is 6.05. The molecule has 18 heavy (non-hydrogen) atoms. The van der Waals surface area contributed by atoms with E-state index in [9.17, 15) is 9.18 Å². The summed E-state index contributed by atoms with van der Waals surface area (Å²) in [6.45, 7) is 6.47. The molecule has 1 aliphatic rings. The summed E-state index contributed by atoms with van der Waals surface area (Å²) in [6.07, 6.45) is -0.252. The average molecular weight is 251 g/mol. The Bertz CT molecular complexity index is 453. The zero-order valence-corrected chi connectivity index (χ0v) is 10.9. The van der Waals surface area contributed by atoms with Gasteiger partial charge in [-0.2, -0.15) is 0 Å². The van der Waals surface area contributed by atoms with Crippen LogP contribution in [0.5, 0.6) is 0 Å². The molecule has 1 aromatic rings. The molecule has 1 saturated heterocycles. The molecular formula is C14H18FNO2. The summed E-state index contributed by atoms with van der Waals surface area (Å²) in [7, 11) is 0. The number of nitrogens with zero attached hydrogens (tertiary/aromatic N) is 1. The predicted molar refractivity (Wildman–Crippen MR) is 66.6 cm³/mol. The number of amides is 1. The molecule has 1 fully saturated rings. The first-order chi connectivity index (χ1) is 8.38. The zero-order valence-electron chi connectivity index (χ0n) is 10.9. The lowest BCUT2D eigenvalue weighted by atomic mass is 10.0. The summed E-state index contributed by atoms with van der Waals surface area (Å²) in [4.78, 5) is 13.6. The Morgan fingerprint density at radius 3 is 2.72 bits per heavy atom. The molecule has 0 radical (unpaired) electrons. The molecule has 1 aromatic carbocycles. The van der Waals surface area contributed by atoms with Crippen molar-refractivity contribution in [2.45, 2.75) is 32.4 Å². The summed E-state index contributed by atoms with van der Waals surface area (Å²) in [5, 5.41) is 0. The minimum absolute atomic E-state index is 0.0184. The number of halogens is 1. The van der Waals surface area contributed by atoms with Crippen molar-refractivity contribution in [3.05, 3.63) is 35.6 Å². The van der Waals surface area contributed by atoms with E-state index in [1.807, 2.05) is 26.8 Å². The molecule has 1 atom stereocenters. The van der Waals surface area contributed by atoms with Crippen molar-refractivity contribution < 1.29 is 13.9 Å². The lowest BCUT2D eigenvalue weighted by Gasteiger charge is -2.41. The molecule has 98 valence electrons. The van der Waals surface area contributed by atoms with Gasteiger partial charge in [0.2, 0.25) is 5.91 Å². The van der Waals surface area contributed by atoms with E-state index >= 15 is 0 Å². The minimum atomic E-state index is -0.282. The van der Waals surface area contributed by atoms with Crippen molar-refractivity contribution in [3.63, 3.8) is 0 Å². The molecule has 1 aliphatic heterocycles. The summed E-state index contributed by atoms with van der Waals surface area (Å²) in [5.74, 6) is -0.300. The molecule has 2 rings (SSSR count). The monoisotopic (exact) mass is 251 g/mol. The third-order valence-electron chi connectivity index (χ3n) is 3.09. The van der Waals surface area contributed by atoms with Gasteiger partial charge in [-0.3, -0.25) is 4.79 Å². The lowest BCUT2D eigenvalue weighted by Crippen LogP contribution is -2.52. The van der Waals surface area contributed by atoms with Gasteiger partial charge in [0.05, 0.1) is 6.54 Å². The fraction of sp³-hybridized carbons (Fsp3) is 0.500. The van der Waals surface area contributed by atoms with Crippen LogP contribution in [0.25, 0.3) is 0 Å². The number of hydrogen-bond acceptors (Lipinski definition) is 2. The van der Waals surface area contributed by atoms with Crippen LogP contribution in [-0.4, -0.2) is 29.5 Å². The van der Waals surface area contributed by atoms with Gasteiger partial charge in [0.15, 0.2) is 0 Å². The Morgan fingerprint density at radius 2 is 2.11 bits per heavy atom. The number of carbonyl (C=O) groups is 1. The standard InChI is InChI=1S/C14H18FNO2/c1-14(2,3)16-8-12(18-9-13(16)17)10-5-4-6-11(15)7-10/h4-7,12H,8-9H2,1-3H3. The molecule has 4 heteroatoms. The Kier molecular flexibility index (Phi) is 3.39. The zero-order chi connectivity index (χ0) is 13.3. The maximum Gasteiger partial charge on any atom is 0.249 e. The van der Waals surface area contributed by atoms with Gasteiger partial charge in [-0.05, 0) is 38.5 Å². The van der Waals surface area contributed by atoms with Crippen LogP contribution in [0.3, 0.4) is 0 Å². The fourth-order valence-electron chi connectivity index (χ4n) is 2.13. The van der Waals surface area contributed by atoms with Crippen LogP contribution in [0.4, 0.5) is 4.39 Å². The fourth-order valence-corrected chi connectivity index (χ4v) is 2.13. The topological polar surface area (TPSA) is 29.5 Å². The molecule has 0 N–H and O–H groups in total. The van der Waals surface area contributed by atoms with Crippen LogP contribution in [-0.2, 0) is 9.53 Å². The normalized spacial score (nSPS) is 21.2. The summed E-state index contributed by atoms with van der Waals surface area (Å²) in [5.41, 5.74) is 0.531. The number of carbonyl (C=O) groups excluding carboxylic acids is 1. The lowest BCUT2D eigenvalue weighted by molar-refractivity contribution is -0.156. The van der Waals surface area contributed by atoms with Gasteiger partial charge >= 0.3 is 0 Å². The van der Waals surface area contributed by atoms with Gasteiger partial charge in [-0.1, -0.05) is 12.1 Å². The number of benzene rings is 1. The third-order valence-corrected chi connectivity index (χ3v) is 3.09. The van der Waals surface area contributed by atoms with E-state index in [-0.39, 0.29) is 30.0 Å². The SMILES string of the molecule is CC(C)(C)N1CC(c2cccc(F)c2)OCC1=O. The van der Waals surface area contributed by atoms with Crippen LogP contribution in [0.1, 0.15) is 32.4 Å². The Morgan fingerprint density at radius 1 is 1.39 bits per heavy atom. The van der Waals surface area contributed by atoms with Gasteiger partial charge < -0.3 is 9.64 Å². The van der Waals surface area contributed by atoms with Crippen molar-refractivity contribution in [2.24, 2.45) is 0 Å². The van der Waals surface area contributed by atoms with Crippen LogP contribution in [0, 0.1) is 5.82 Å². The number of morpholine rings is 1. The summed E-state index contributed by atoms with van der Waals surface area (Å²) < 4.78 is 18.7. The van der Waals surface area contributed by atoms with Crippen LogP contribution in [0.2, 0.25) is 0 Å². The molecule has 1 amide bonds. The van der Waals surface area contributed by atoms with E-state index in [1.54, 1.807) is 11.0 Å². The highest BCUT2D eigenvalue weighted by Gasteiger charge is 2.34. The van der Waals surface area contributed by atoms with E-state index in [0.717, 1.165) is 5.56 Å². The Labute approximate surface area is 107 Å². The predicted octanol–water partition coefficient (Wildman–Crippen LogP) is 2.52. The van der Waals surface area contributed by atoms with Crippen LogP contribution in [0.15, 0.2) is 24.3 Å². The van der Waals surface area contributed by atoms with Crippen molar-refractivity contribution in [1.82, 2.24) is 4.90 Å². The molecule has 1 unspecified atom stereocenters. The second-order valence-electron chi connectivity index (χ2n) is 5.53. The van der Waals surface area contributed by atoms with Crippen molar-refractivity contribution in [1.29, 1.82) is 0 Å². The minimum Gasteiger partial charge on any atom is -0.362 e. The van der Waals surface area contributed by atoms with Gasteiger partial charge in [0.1, 0.15) is 18.5 Å². The van der Waals surface area contributed by atoms with E-state index in [1.165, 1.54) is 12.1 Å². The smallest absolute Gasteiger partial charge is 0.249 e. The second kappa shape index (κ2) is 4.69. The summed E-state index contributed by atoms with van der Waals surface area (Å²) in [6, 6.07) is 6.34. The highest BCUT2D eigenvalue weighted by Crippen LogP contribution is 2.27. The van der Waals surface area contributed by atoms with Gasteiger partial charge in [-0.15, -0.1) is 0 Å². The molecule has 0 saturated carbocycles. The third kappa shape index (κ3) is 2.70. The van der Waals surface area contributed by atoms with Crippen molar-refractivity contribution in [2.75, 3.05) is 13.2 Å². The molecule has 0 spiro atoms. The number of rotatable bonds is 1. The number of hydrogen-bond donors (Lipinski definition) is 0. The maximum absolute atomic E-state index is 13.2. The first-order valence-electron chi connectivity index (χ1n) is 6.05. The van der Waals surface area contributed by atoms with E-state index in [4.69, 9.17) is 4.74 Å². The quantitative estimate of drug-likeness (QED) is 0.767. The highest BCUT2D eigenvalue weighted by molar-refractivity contribution is 5.79. The largest absolute Gasteiger partial charge is 0.362 e. The molecule has 3 nitrogen and oxygen atoms in total. The van der Waals surface area contributed by atoms with Gasteiger partial charge in [0.25, 0.3) is 0 Å². The average Bonchev–Trinajstić information content (AvgIpc) is 2.28. The molecule has 1 heterocycles. The highest BCUT2D eigenvalue weighted by atomic mass is 19.1. The van der Waals surface area contributed by atoms with E-state index in [2.05, 4.69) is 0 Å². The van der Waals surface area contributed by atoms with E-state index in [0.29, 0.717) is 6.54 Å². The number of ether oxygens (including phenoxy) is 1. The molecule has 0 aromatic heterocycles. The molecule has 0 aliphatic carbocycles. The maximum atomic E-state index is 13.2. The van der Waals surface area contributed by atoms with Crippen molar-refractivity contribution in [3.8, 4) is 0 Å². The van der Waals surface area contributed by atoms with Crippen LogP contribution < -0.4 is 0 Å². The Hall–Kier alpha value is -1.42. The first kappa shape index (κ1) is 13.0. The van der Waals surface area contributed by atoms with Crippen LogP contribution >= 0.6 is 0 Å². The molecular weight excluding hydrogens is 233 g/mol. The Balaban J connectivity index is 2.20. The van der Waals surface area contributed by atoms with Gasteiger partial charge in [0, 0.05) is 5.54 Å². The van der Waals surface area contributed by atoms with Gasteiger partial charge in [-0.25, -0.2) is 4.39 Å².